The summed E-state index contributed by atoms with van der Waals surface area (Å²) in [7, 11) is 2.93. The second kappa shape index (κ2) is 7.09. The summed E-state index contributed by atoms with van der Waals surface area (Å²) in [5.41, 5.74) is 1.04. The van der Waals surface area contributed by atoms with Gasteiger partial charge in [0.25, 0.3) is 0 Å². The van der Waals surface area contributed by atoms with E-state index in [2.05, 4.69) is 0 Å². The summed E-state index contributed by atoms with van der Waals surface area (Å²) in [6.45, 7) is 0. The molecule has 4 heteroatoms. The minimum Gasteiger partial charge on any atom is -0.507 e. The minimum absolute atomic E-state index is 0.111. The Morgan fingerprint density at radius 3 is 2.52 bits per heavy atom. The maximum atomic E-state index is 12.6. The van der Waals surface area contributed by atoms with Crippen LogP contribution in [0.5, 0.6) is 17.2 Å². The quantitative estimate of drug-likeness (QED) is 0.553. The van der Waals surface area contributed by atoms with Crippen molar-refractivity contribution in [3.05, 3.63) is 71.8 Å². The number of hydrogen-bond donors (Lipinski definition) is 1. The number of phenols is 1. The first-order valence-corrected chi connectivity index (χ1v) is 7.79. The number of fused-ring (bicyclic) bond motifs is 1. The van der Waals surface area contributed by atoms with Gasteiger partial charge in [-0.2, -0.15) is 0 Å². The van der Waals surface area contributed by atoms with Crippen LogP contribution in [0.25, 0.3) is 16.8 Å². The zero-order valence-electron chi connectivity index (χ0n) is 14.0. The molecule has 0 spiro atoms. The van der Waals surface area contributed by atoms with Crippen molar-refractivity contribution in [2.45, 2.75) is 0 Å². The lowest BCUT2D eigenvalue weighted by Gasteiger charge is -2.10. The molecule has 0 aromatic heterocycles. The Kier molecular flexibility index (Phi) is 4.70. The Hall–Kier alpha value is -3.27. The maximum Gasteiger partial charge on any atom is 0.193 e. The molecular formula is C21H18O4. The lowest BCUT2D eigenvalue weighted by atomic mass is 10.0. The Morgan fingerprint density at radius 1 is 1.00 bits per heavy atom. The summed E-state index contributed by atoms with van der Waals surface area (Å²) < 4.78 is 10.3. The molecule has 0 radical (unpaired) electrons. The number of hydrogen-bond acceptors (Lipinski definition) is 4. The molecule has 0 saturated carbocycles. The van der Waals surface area contributed by atoms with Crippen molar-refractivity contribution in [2.24, 2.45) is 0 Å². The summed E-state index contributed by atoms with van der Waals surface area (Å²) in [6.07, 6.45) is 3.18. The summed E-state index contributed by atoms with van der Waals surface area (Å²) in [6, 6.07) is 16.8. The summed E-state index contributed by atoms with van der Waals surface area (Å²) >= 11 is 0. The Labute approximate surface area is 145 Å². The SMILES string of the molecule is COc1cc(O)c(C(=O)/C=C/c2cccc3ccccc23)c(OC)c1. The van der Waals surface area contributed by atoms with Crippen LogP contribution in [0.2, 0.25) is 0 Å². The van der Waals surface area contributed by atoms with Gasteiger partial charge < -0.3 is 14.6 Å². The molecular weight excluding hydrogens is 316 g/mol. The van der Waals surface area contributed by atoms with Gasteiger partial charge in [0.05, 0.1) is 14.2 Å². The lowest BCUT2D eigenvalue weighted by molar-refractivity contribution is 0.104. The largest absolute Gasteiger partial charge is 0.507 e. The number of allylic oxidation sites excluding steroid dienone is 1. The maximum absolute atomic E-state index is 12.6. The number of rotatable bonds is 5. The minimum atomic E-state index is -0.343. The van der Waals surface area contributed by atoms with Crippen LogP contribution in [0, 0.1) is 0 Å². The molecule has 0 fully saturated rings. The van der Waals surface area contributed by atoms with Gasteiger partial charge >= 0.3 is 0 Å². The normalized spacial score (nSPS) is 11.0. The van der Waals surface area contributed by atoms with E-state index >= 15 is 0 Å². The molecule has 0 aliphatic heterocycles. The third-order valence-corrected chi connectivity index (χ3v) is 3.99. The van der Waals surface area contributed by atoms with E-state index in [-0.39, 0.29) is 22.8 Å². The van der Waals surface area contributed by atoms with Crippen LogP contribution >= 0.6 is 0 Å². The molecule has 0 unspecified atom stereocenters. The third-order valence-electron chi connectivity index (χ3n) is 3.99. The predicted molar refractivity (Wildman–Crippen MR) is 98.5 cm³/mol. The van der Waals surface area contributed by atoms with Gasteiger partial charge in [0.2, 0.25) is 0 Å². The molecule has 0 amide bonds. The van der Waals surface area contributed by atoms with E-state index in [4.69, 9.17) is 9.47 Å². The predicted octanol–water partition coefficient (Wildman–Crippen LogP) is 4.46. The van der Waals surface area contributed by atoms with Crippen molar-refractivity contribution in [1.82, 2.24) is 0 Å². The van der Waals surface area contributed by atoms with E-state index in [1.165, 1.54) is 26.4 Å². The monoisotopic (exact) mass is 334 g/mol. The fourth-order valence-electron chi connectivity index (χ4n) is 2.75. The van der Waals surface area contributed by atoms with Crippen LogP contribution in [0.1, 0.15) is 15.9 Å². The van der Waals surface area contributed by atoms with Crippen molar-refractivity contribution in [3.8, 4) is 17.2 Å². The fourth-order valence-corrected chi connectivity index (χ4v) is 2.75. The van der Waals surface area contributed by atoms with E-state index < -0.39 is 0 Å². The number of phenolic OH excluding ortho intramolecular Hbond substituents is 1. The number of carbonyl (C=O) groups excluding carboxylic acids is 1. The first-order valence-electron chi connectivity index (χ1n) is 7.79. The highest BCUT2D eigenvalue weighted by Crippen LogP contribution is 2.34. The van der Waals surface area contributed by atoms with Crippen LogP contribution < -0.4 is 9.47 Å². The average Bonchev–Trinajstić information content (AvgIpc) is 2.65. The van der Waals surface area contributed by atoms with Gasteiger partial charge in [-0.05, 0) is 22.4 Å². The lowest BCUT2D eigenvalue weighted by Crippen LogP contribution is -2.00. The Bertz CT molecular complexity index is 952. The van der Waals surface area contributed by atoms with Gasteiger partial charge in [-0.3, -0.25) is 4.79 Å². The third kappa shape index (κ3) is 3.33. The van der Waals surface area contributed by atoms with Crippen molar-refractivity contribution in [1.29, 1.82) is 0 Å². The van der Waals surface area contributed by atoms with Crippen molar-refractivity contribution >= 4 is 22.6 Å². The van der Waals surface area contributed by atoms with Gasteiger partial charge in [0, 0.05) is 12.1 Å². The van der Waals surface area contributed by atoms with Gasteiger partial charge in [0.1, 0.15) is 22.8 Å². The van der Waals surface area contributed by atoms with Crippen LogP contribution in [-0.4, -0.2) is 25.1 Å². The van der Waals surface area contributed by atoms with Crippen LogP contribution in [0.4, 0.5) is 0 Å². The van der Waals surface area contributed by atoms with Gasteiger partial charge in [-0.25, -0.2) is 0 Å². The second-order valence-electron chi connectivity index (χ2n) is 5.49. The Balaban J connectivity index is 1.98. The molecule has 4 nitrogen and oxygen atoms in total. The van der Waals surface area contributed by atoms with E-state index in [0.29, 0.717) is 5.75 Å². The van der Waals surface area contributed by atoms with E-state index in [1.54, 1.807) is 12.1 Å². The molecule has 0 saturated heterocycles. The standard InChI is InChI=1S/C21H18O4/c1-24-16-12-19(23)21(20(13-16)25-2)18(22)11-10-15-8-5-7-14-6-3-4-9-17(14)15/h3-13,23H,1-2H3/b11-10+. The number of aromatic hydroxyl groups is 1. The van der Waals surface area contributed by atoms with Gasteiger partial charge in [0.15, 0.2) is 5.78 Å². The number of ether oxygens (including phenoxy) is 2. The van der Waals surface area contributed by atoms with E-state index in [0.717, 1.165) is 16.3 Å². The highest BCUT2D eigenvalue weighted by atomic mass is 16.5. The number of benzene rings is 3. The molecule has 0 aliphatic rings. The number of carbonyl (C=O) groups is 1. The molecule has 3 rings (SSSR count). The molecule has 3 aromatic carbocycles. The zero-order chi connectivity index (χ0) is 17.8. The Morgan fingerprint density at radius 2 is 1.76 bits per heavy atom. The summed E-state index contributed by atoms with van der Waals surface area (Å²) in [5.74, 6) is 0.169. The summed E-state index contributed by atoms with van der Waals surface area (Å²) in [5, 5.41) is 12.3. The molecule has 0 aliphatic carbocycles. The average molecular weight is 334 g/mol. The van der Waals surface area contributed by atoms with Crippen molar-refractivity contribution < 1.29 is 19.4 Å². The highest BCUT2D eigenvalue weighted by Gasteiger charge is 2.17. The van der Waals surface area contributed by atoms with E-state index in [1.807, 2.05) is 42.5 Å². The second-order valence-corrected chi connectivity index (χ2v) is 5.49. The van der Waals surface area contributed by atoms with Crippen LogP contribution in [0.3, 0.4) is 0 Å². The first kappa shape index (κ1) is 16.6. The molecule has 126 valence electrons. The number of methoxy groups -OCH3 is 2. The first-order chi connectivity index (χ1) is 12.1. The fraction of sp³-hybridized carbons (Fsp3) is 0.0952. The molecule has 0 heterocycles. The van der Waals surface area contributed by atoms with Crippen LogP contribution in [-0.2, 0) is 0 Å². The topological polar surface area (TPSA) is 55.8 Å². The molecule has 3 aromatic rings. The highest BCUT2D eigenvalue weighted by molar-refractivity contribution is 6.11. The van der Waals surface area contributed by atoms with Gasteiger partial charge in [-0.15, -0.1) is 0 Å². The molecule has 0 atom stereocenters. The van der Waals surface area contributed by atoms with Crippen LogP contribution in [0.15, 0.2) is 60.7 Å². The van der Waals surface area contributed by atoms with Gasteiger partial charge in [-0.1, -0.05) is 48.5 Å². The molecule has 1 N–H and O–H groups in total. The molecule has 0 bridgehead atoms. The zero-order valence-corrected chi connectivity index (χ0v) is 14.0. The van der Waals surface area contributed by atoms with E-state index in [9.17, 15) is 9.90 Å². The molecule has 25 heavy (non-hydrogen) atoms. The van der Waals surface area contributed by atoms with Crippen molar-refractivity contribution in [2.75, 3.05) is 14.2 Å². The number of ketones is 1. The summed E-state index contributed by atoms with van der Waals surface area (Å²) in [4.78, 5) is 12.6. The smallest absolute Gasteiger partial charge is 0.193 e. The van der Waals surface area contributed by atoms with Crippen molar-refractivity contribution in [3.63, 3.8) is 0 Å².